The van der Waals surface area contributed by atoms with Crippen LogP contribution in [0.4, 0.5) is 5.69 Å². The Morgan fingerprint density at radius 2 is 1.74 bits per heavy atom. The van der Waals surface area contributed by atoms with Crippen LogP contribution in [0.3, 0.4) is 0 Å². The second-order valence-corrected chi connectivity index (χ2v) is 4.19. The molecule has 19 heavy (non-hydrogen) atoms. The fourth-order valence-electron chi connectivity index (χ4n) is 1.87. The first-order valence-electron chi connectivity index (χ1n) is 6.36. The second-order valence-electron chi connectivity index (χ2n) is 4.19. The molecule has 2 rings (SSSR count). The zero-order valence-corrected chi connectivity index (χ0v) is 11.0. The van der Waals surface area contributed by atoms with Gasteiger partial charge in [-0.05, 0) is 19.1 Å². The number of hydrogen-bond donors (Lipinski definition) is 1. The molecule has 0 saturated carbocycles. The van der Waals surface area contributed by atoms with Gasteiger partial charge in [-0.25, -0.2) is 0 Å². The molecule has 0 unspecified atom stereocenters. The summed E-state index contributed by atoms with van der Waals surface area (Å²) in [6.07, 6.45) is 4.00. The van der Waals surface area contributed by atoms with Gasteiger partial charge in [0.1, 0.15) is 0 Å². The Hall–Kier alpha value is -2.35. The maximum atomic E-state index is 12.4. The Labute approximate surface area is 113 Å². The first-order chi connectivity index (χ1) is 9.33. The Morgan fingerprint density at radius 3 is 2.47 bits per heavy atom. The molecule has 2 heteroatoms. The third-order valence-electron chi connectivity index (χ3n) is 2.85. The standard InChI is InChI=1S/C17H17NO/c1-2-3-13-18-16-12-8-7-11-15(16)17(19)14-9-5-4-6-10-14/h2-12,18H,13H2,1H3. The molecule has 0 aliphatic carbocycles. The molecule has 2 nitrogen and oxygen atoms in total. The van der Waals surface area contributed by atoms with Crippen LogP contribution in [0, 0.1) is 0 Å². The van der Waals surface area contributed by atoms with Crippen molar-refractivity contribution in [2.45, 2.75) is 6.92 Å². The van der Waals surface area contributed by atoms with E-state index in [9.17, 15) is 4.79 Å². The Balaban J connectivity index is 2.27. The topological polar surface area (TPSA) is 29.1 Å². The predicted octanol–water partition coefficient (Wildman–Crippen LogP) is 3.91. The number of nitrogens with one attached hydrogen (secondary N) is 1. The number of carbonyl (C=O) groups is 1. The van der Waals surface area contributed by atoms with Gasteiger partial charge < -0.3 is 5.32 Å². The molecule has 0 aromatic heterocycles. The normalized spacial score (nSPS) is 10.6. The van der Waals surface area contributed by atoms with E-state index in [0.717, 1.165) is 12.2 Å². The predicted molar refractivity (Wildman–Crippen MR) is 79.6 cm³/mol. The number of carbonyl (C=O) groups excluding carboxylic acids is 1. The highest BCUT2D eigenvalue weighted by molar-refractivity contribution is 6.12. The van der Waals surface area contributed by atoms with Gasteiger partial charge in [-0.3, -0.25) is 4.79 Å². The lowest BCUT2D eigenvalue weighted by atomic mass is 10.0. The van der Waals surface area contributed by atoms with E-state index in [1.54, 1.807) is 0 Å². The molecule has 0 spiro atoms. The smallest absolute Gasteiger partial charge is 0.195 e. The second kappa shape index (κ2) is 6.55. The van der Waals surface area contributed by atoms with Crippen LogP contribution in [-0.2, 0) is 0 Å². The van der Waals surface area contributed by atoms with E-state index >= 15 is 0 Å². The van der Waals surface area contributed by atoms with Gasteiger partial charge in [-0.1, -0.05) is 54.6 Å². The Morgan fingerprint density at radius 1 is 1.05 bits per heavy atom. The number of para-hydroxylation sites is 1. The molecule has 0 amide bonds. The number of benzene rings is 2. The number of ketones is 1. The highest BCUT2D eigenvalue weighted by Gasteiger charge is 2.12. The highest BCUT2D eigenvalue weighted by atomic mass is 16.1. The molecule has 0 radical (unpaired) electrons. The van der Waals surface area contributed by atoms with E-state index in [4.69, 9.17) is 0 Å². The third-order valence-corrected chi connectivity index (χ3v) is 2.85. The lowest BCUT2D eigenvalue weighted by Gasteiger charge is -2.09. The number of hydrogen-bond acceptors (Lipinski definition) is 2. The summed E-state index contributed by atoms with van der Waals surface area (Å²) in [6.45, 7) is 2.69. The summed E-state index contributed by atoms with van der Waals surface area (Å²) in [5.41, 5.74) is 2.29. The van der Waals surface area contributed by atoms with Gasteiger partial charge in [0, 0.05) is 23.4 Å². The number of rotatable bonds is 5. The first kappa shape index (κ1) is 13.1. The van der Waals surface area contributed by atoms with Crippen molar-refractivity contribution in [3.8, 4) is 0 Å². The molecule has 0 aliphatic heterocycles. The minimum absolute atomic E-state index is 0.0455. The van der Waals surface area contributed by atoms with Crippen LogP contribution < -0.4 is 5.32 Å². The molecule has 96 valence electrons. The molecule has 2 aromatic carbocycles. The van der Waals surface area contributed by atoms with Crippen molar-refractivity contribution in [3.05, 3.63) is 77.9 Å². The molecular formula is C17H17NO. The van der Waals surface area contributed by atoms with Gasteiger partial charge in [0.2, 0.25) is 0 Å². The van der Waals surface area contributed by atoms with E-state index in [-0.39, 0.29) is 5.78 Å². The lowest BCUT2D eigenvalue weighted by Crippen LogP contribution is -2.07. The molecule has 1 N–H and O–H groups in total. The SMILES string of the molecule is CC=CCNc1ccccc1C(=O)c1ccccc1. The van der Waals surface area contributed by atoms with E-state index in [1.165, 1.54) is 0 Å². The van der Waals surface area contributed by atoms with Crippen LogP contribution in [-0.4, -0.2) is 12.3 Å². The largest absolute Gasteiger partial charge is 0.381 e. The maximum Gasteiger partial charge on any atom is 0.195 e. The summed E-state index contributed by atoms with van der Waals surface area (Å²) in [5, 5.41) is 3.26. The average molecular weight is 251 g/mol. The van der Waals surface area contributed by atoms with Crippen LogP contribution in [0.5, 0.6) is 0 Å². The summed E-state index contributed by atoms with van der Waals surface area (Å²) in [4.78, 5) is 12.4. The van der Waals surface area contributed by atoms with Crippen LogP contribution in [0.15, 0.2) is 66.7 Å². The van der Waals surface area contributed by atoms with Crippen molar-refractivity contribution >= 4 is 11.5 Å². The van der Waals surface area contributed by atoms with Crippen LogP contribution >= 0.6 is 0 Å². The average Bonchev–Trinajstić information content (AvgIpc) is 2.48. The zero-order chi connectivity index (χ0) is 13.5. The van der Waals surface area contributed by atoms with Crippen molar-refractivity contribution in [1.82, 2.24) is 0 Å². The fraction of sp³-hybridized carbons (Fsp3) is 0.118. The molecule has 0 bridgehead atoms. The van der Waals surface area contributed by atoms with Crippen molar-refractivity contribution in [3.63, 3.8) is 0 Å². The molecule has 0 aliphatic rings. The highest BCUT2D eigenvalue weighted by Crippen LogP contribution is 2.19. The van der Waals surface area contributed by atoms with Crippen molar-refractivity contribution in [2.24, 2.45) is 0 Å². The van der Waals surface area contributed by atoms with Gasteiger partial charge in [0.25, 0.3) is 0 Å². The van der Waals surface area contributed by atoms with Gasteiger partial charge in [-0.15, -0.1) is 0 Å². The minimum atomic E-state index is 0.0455. The van der Waals surface area contributed by atoms with Crippen molar-refractivity contribution < 1.29 is 4.79 Å². The third kappa shape index (κ3) is 3.32. The molecule has 0 atom stereocenters. The van der Waals surface area contributed by atoms with Gasteiger partial charge >= 0.3 is 0 Å². The van der Waals surface area contributed by atoms with E-state index < -0.39 is 0 Å². The van der Waals surface area contributed by atoms with Crippen molar-refractivity contribution in [2.75, 3.05) is 11.9 Å². The van der Waals surface area contributed by atoms with Gasteiger partial charge in [-0.2, -0.15) is 0 Å². The van der Waals surface area contributed by atoms with Gasteiger partial charge in [0.15, 0.2) is 5.78 Å². The minimum Gasteiger partial charge on any atom is -0.381 e. The van der Waals surface area contributed by atoms with Crippen molar-refractivity contribution in [1.29, 1.82) is 0 Å². The summed E-state index contributed by atoms with van der Waals surface area (Å²) >= 11 is 0. The summed E-state index contributed by atoms with van der Waals surface area (Å²) in [6, 6.07) is 16.9. The number of anilines is 1. The molecule has 0 fully saturated rings. The molecule has 0 saturated heterocycles. The quantitative estimate of drug-likeness (QED) is 0.645. The van der Waals surface area contributed by atoms with Crippen LogP contribution in [0.25, 0.3) is 0 Å². The monoisotopic (exact) mass is 251 g/mol. The fourth-order valence-corrected chi connectivity index (χ4v) is 1.87. The molecule has 0 heterocycles. The van der Waals surface area contributed by atoms with E-state index in [1.807, 2.05) is 73.7 Å². The van der Waals surface area contributed by atoms with E-state index in [2.05, 4.69) is 5.32 Å². The summed E-state index contributed by atoms with van der Waals surface area (Å²) in [7, 11) is 0. The lowest BCUT2D eigenvalue weighted by molar-refractivity contribution is 0.103. The Bertz CT molecular complexity index is 573. The first-order valence-corrected chi connectivity index (χ1v) is 6.36. The maximum absolute atomic E-state index is 12.4. The molecule has 2 aromatic rings. The van der Waals surface area contributed by atoms with E-state index in [0.29, 0.717) is 11.1 Å². The molecular weight excluding hydrogens is 234 g/mol. The van der Waals surface area contributed by atoms with Gasteiger partial charge in [0.05, 0.1) is 0 Å². The summed E-state index contributed by atoms with van der Waals surface area (Å²) in [5.74, 6) is 0.0455. The summed E-state index contributed by atoms with van der Waals surface area (Å²) < 4.78 is 0. The zero-order valence-electron chi connectivity index (χ0n) is 11.0. The Kier molecular flexibility index (Phi) is 4.51. The number of allylic oxidation sites excluding steroid dienone is 1. The van der Waals surface area contributed by atoms with Crippen LogP contribution in [0.2, 0.25) is 0 Å². The van der Waals surface area contributed by atoms with Crippen LogP contribution in [0.1, 0.15) is 22.8 Å².